The molecule has 0 N–H and O–H groups in total. The van der Waals surface area contributed by atoms with Crippen LogP contribution in [0.3, 0.4) is 0 Å². The van der Waals surface area contributed by atoms with Gasteiger partial charge in [0.15, 0.2) is 0 Å². The molecule has 1 saturated heterocycles. The molecule has 3 heterocycles. The summed E-state index contributed by atoms with van der Waals surface area (Å²) in [7, 11) is 0. The van der Waals surface area contributed by atoms with E-state index in [0.717, 1.165) is 32.2 Å². The Morgan fingerprint density at radius 1 is 1.10 bits per heavy atom. The number of carbonyl (C=O) groups is 1. The van der Waals surface area contributed by atoms with E-state index >= 15 is 0 Å². The number of ether oxygens (including phenoxy) is 1. The third kappa shape index (κ3) is 6.97. The minimum Gasteiger partial charge on any atom is -0.444 e. The van der Waals surface area contributed by atoms with Crippen LogP contribution in [0.5, 0.6) is 0 Å². The zero-order valence-corrected chi connectivity index (χ0v) is 24.5. The molecule has 1 amide bonds. The molecule has 2 aromatic heterocycles. The van der Waals surface area contributed by atoms with Crippen LogP contribution in [0.15, 0.2) is 55.2 Å². The summed E-state index contributed by atoms with van der Waals surface area (Å²) < 4.78 is 7.78. The van der Waals surface area contributed by atoms with Crippen molar-refractivity contribution in [3.8, 4) is 0 Å². The molecule has 1 aliphatic carbocycles. The number of amides is 1. The van der Waals surface area contributed by atoms with Crippen LogP contribution in [0.1, 0.15) is 94.2 Å². The maximum atomic E-state index is 12.7. The molecule has 0 saturated carbocycles. The first-order chi connectivity index (χ1) is 18.8. The number of allylic oxidation sites excluding steroid dienone is 1. The summed E-state index contributed by atoms with van der Waals surface area (Å²) >= 11 is 0. The van der Waals surface area contributed by atoms with E-state index in [-0.39, 0.29) is 12.0 Å². The fourth-order valence-electron chi connectivity index (χ4n) is 5.75. The predicted molar refractivity (Wildman–Crippen MR) is 158 cm³/mol. The number of fused-ring (bicyclic) bond motifs is 2. The highest BCUT2D eigenvalue weighted by atomic mass is 16.6. The lowest BCUT2D eigenvalue weighted by Crippen LogP contribution is -2.42. The fraction of sp³-hybridized carbons (Fsp3) is 0.485. The number of piperidine rings is 1. The molecular formula is C33H44N4O2. The Hall–Kier alpha value is -3.41. The van der Waals surface area contributed by atoms with Gasteiger partial charge in [0.25, 0.3) is 0 Å². The van der Waals surface area contributed by atoms with Gasteiger partial charge < -0.3 is 14.2 Å². The third-order valence-corrected chi connectivity index (χ3v) is 7.47. The van der Waals surface area contributed by atoms with Crippen LogP contribution < -0.4 is 0 Å². The molecule has 1 aliphatic heterocycles. The molecular weight excluding hydrogens is 484 g/mol. The lowest BCUT2D eigenvalue weighted by molar-refractivity contribution is 0.0178. The lowest BCUT2D eigenvalue weighted by Gasteiger charge is -2.37. The second kappa shape index (κ2) is 12.6. The Kier molecular flexibility index (Phi) is 9.26. The van der Waals surface area contributed by atoms with Crippen molar-refractivity contribution < 1.29 is 9.53 Å². The number of aryl methyl sites for hydroxylation is 2. The maximum absolute atomic E-state index is 12.7. The molecule has 5 rings (SSSR count). The SMILES string of the molecule is CC.Cc1ccc2c(c1)C=C(CCCn1ccnc1)c1cccnc1C2C1CCN(C(=O)OC(C)(C)C)CC1. The van der Waals surface area contributed by atoms with Gasteiger partial charge in [-0.1, -0.05) is 49.8 Å². The number of pyridine rings is 1. The first kappa shape index (κ1) is 28.6. The van der Waals surface area contributed by atoms with Gasteiger partial charge in [-0.3, -0.25) is 4.98 Å². The van der Waals surface area contributed by atoms with E-state index in [9.17, 15) is 4.79 Å². The van der Waals surface area contributed by atoms with Gasteiger partial charge in [0.2, 0.25) is 0 Å². The van der Waals surface area contributed by atoms with Gasteiger partial charge in [-0.25, -0.2) is 9.78 Å². The van der Waals surface area contributed by atoms with Crippen molar-refractivity contribution in [2.45, 2.75) is 85.3 Å². The molecule has 208 valence electrons. The quantitative estimate of drug-likeness (QED) is 0.340. The lowest BCUT2D eigenvalue weighted by atomic mass is 9.76. The molecule has 6 nitrogen and oxygen atoms in total. The van der Waals surface area contributed by atoms with E-state index < -0.39 is 5.60 Å². The zero-order valence-electron chi connectivity index (χ0n) is 24.5. The average Bonchev–Trinajstić information content (AvgIpc) is 3.39. The Labute approximate surface area is 234 Å². The summed E-state index contributed by atoms with van der Waals surface area (Å²) in [4.78, 5) is 23.7. The average molecular weight is 529 g/mol. The van der Waals surface area contributed by atoms with Crippen molar-refractivity contribution in [2.24, 2.45) is 5.92 Å². The van der Waals surface area contributed by atoms with E-state index in [1.54, 1.807) is 0 Å². The fourth-order valence-corrected chi connectivity index (χ4v) is 5.75. The molecule has 1 fully saturated rings. The number of carbonyl (C=O) groups excluding carboxylic acids is 1. The molecule has 0 radical (unpaired) electrons. The number of likely N-dealkylation sites (tertiary alicyclic amines) is 1. The van der Waals surface area contributed by atoms with Crippen LogP contribution in [0, 0.1) is 12.8 Å². The molecule has 39 heavy (non-hydrogen) atoms. The first-order valence-electron chi connectivity index (χ1n) is 14.5. The smallest absolute Gasteiger partial charge is 0.410 e. The number of benzene rings is 1. The van der Waals surface area contributed by atoms with Gasteiger partial charge in [-0.2, -0.15) is 0 Å². The second-order valence-electron chi connectivity index (χ2n) is 11.4. The normalized spacial score (nSPS) is 17.2. The van der Waals surface area contributed by atoms with Crippen molar-refractivity contribution in [1.29, 1.82) is 0 Å². The number of imidazole rings is 1. The van der Waals surface area contributed by atoms with Crippen molar-refractivity contribution in [2.75, 3.05) is 13.1 Å². The number of aromatic nitrogens is 3. The number of rotatable bonds is 5. The summed E-state index contributed by atoms with van der Waals surface area (Å²) in [6.45, 7) is 14.3. The molecule has 1 aromatic carbocycles. The number of hydrogen-bond donors (Lipinski definition) is 0. The van der Waals surface area contributed by atoms with Crippen LogP contribution in [0.25, 0.3) is 11.6 Å². The highest BCUT2D eigenvalue weighted by Crippen LogP contribution is 2.45. The highest BCUT2D eigenvalue weighted by Gasteiger charge is 2.36. The molecule has 1 atom stereocenters. The summed E-state index contributed by atoms with van der Waals surface area (Å²) in [6.07, 6.45) is 13.8. The Morgan fingerprint density at radius 3 is 2.56 bits per heavy atom. The van der Waals surface area contributed by atoms with Gasteiger partial charge >= 0.3 is 6.09 Å². The largest absolute Gasteiger partial charge is 0.444 e. The van der Waals surface area contributed by atoms with E-state index in [2.05, 4.69) is 52.9 Å². The van der Waals surface area contributed by atoms with E-state index in [1.807, 2.05) is 64.4 Å². The van der Waals surface area contributed by atoms with E-state index in [4.69, 9.17) is 9.72 Å². The maximum Gasteiger partial charge on any atom is 0.410 e. The van der Waals surface area contributed by atoms with Crippen molar-refractivity contribution in [3.63, 3.8) is 0 Å². The first-order valence-corrected chi connectivity index (χ1v) is 14.5. The molecule has 0 bridgehead atoms. The van der Waals surface area contributed by atoms with E-state index in [0.29, 0.717) is 19.0 Å². The molecule has 1 unspecified atom stereocenters. The minimum atomic E-state index is -0.477. The zero-order chi connectivity index (χ0) is 28.0. The van der Waals surface area contributed by atoms with Gasteiger partial charge in [0.05, 0.1) is 12.0 Å². The van der Waals surface area contributed by atoms with Crippen molar-refractivity contribution >= 4 is 17.7 Å². The predicted octanol–water partition coefficient (Wildman–Crippen LogP) is 7.73. The van der Waals surface area contributed by atoms with Crippen molar-refractivity contribution in [3.05, 3.63) is 83.2 Å². The van der Waals surface area contributed by atoms with Gasteiger partial charge in [-0.15, -0.1) is 0 Å². The summed E-state index contributed by atoms with van der Waals surface area (Å²) in [5.41, 5.74) is 7.24. The van der Waals surface area contributed by atoms with Crippen LogP contribution in [0.4, 0.5) is 4.79 Å². The van der Waals surface area contributed by atoms with Crippen LogP contribution in [-0.4, -0.2) is 44.2 Å². The Morgan fingerprint density at radius 2 is 1.87 bits per heavy atom. The number of hydrogen-bond acceptors (Lipinski definition) is 4. The third-order valence-electron chi connectivity index (χ3n) is 7.47. The van der Waals surface area contributed by atoms with Crippen molar-refractivity contribution in [1.82, 2.24) is 19.4 Å². The summed E-state index contributed by atoms with van der Waals surface area (Å²) in [6, 6.07) is 11.2. The summed E-state index contributed by atoms with van der Waals surface area (Å²) in [5.74, 6) is 0.613. The van der Waals surface area contributed by atoms with Crippen LogP contribution in [0.2, 0.25) is 0 Å². The molecule has 2 aliphatic rings. The van der Waals surface area contributed by atoms with Gasteiger partial charge in [0, 0.05) is 44.1 Å². The topological polar surface area (TPSA) is 60.2 Å². The summed E-state index contributed by atoms with van der Waals surface area (Å²) in [5, 5.41) is 0. The second-order valence-corrected chi connectivity index (χ2v) is 11.4. The minimum absolute atomic E-state index is 0.204. The van der Waals surface area contributed by atoms with Crippen LogP contribution >= 0.6 is 0 Å². The molecule has 6 heteroatoms. The molecule has 0 spiro atoms. The highest BCUT2D eigenvalue weighted by molar-refractivity contribution is 5.86. The monoisotopic (exact) mass is 528 g/mol. The van der Waals surface area contributed by atoms with E-state index in [1.165, 1.54) is 33.5 Å². The Bertz CT molecular complexity index is 1270. The standard InChI is InChI=1S/C31H38N4O2.C2H6/c1-22-9-10-26-25(19-22)20-24(7-6-15-34-18-14-32-21-34)27-8-5-13-33-29(27)28(26)23-11-16-35(17-12-23)30(36)37-31(2,3)4;1-2/h5,8-10,13-14,18-21,23,28H,6-7,11-12,15-17H2,1-4H3;1-2H3. The molecule has 3 aromatic rings. The Balaban J connectivity index is 0.00000172. The van der Waals surface area contributed by atoms with Gasteiger partial charge in [-0.05, 0) is 87.6 Å². The van der Waals surface area contributed by atoms with Gasteiger partial charge in [0.1, 0.15) is 5.60 Å². The number of nitrogens with zero attached hydrogens (tertiary/aromatic N) is 4. The van der Waals surface area contributed by atoms with Crippen LogP contribution in [-0.2, 0) is 11.3 Å².